The fourth-order valence-electron chi connectivity index (χ4n) is 0.874. The fraction of sp³-hybridized carbons (Fsp3) is 0.875. The molecule has 0 aromatic rings. The van der Waals surface area contributed by atoms with Crippen molar-refractivity contribution >= 4 is 15.7 Å². The zero-order valence-electron chi connectivity index (χ0n) is 9.54. The number of halogens is 3. The molecule has 0 saturated heterocycles. The van der Waals surface area contributed by atoms with Crippen LogP contribution in [-0.2, 0) is 14.6 Å². The molecule has 0 fully saturated rings. The molecule has 0 heterocycles. The number of likely N-dealkylation sites (N-methyl/N-ethyl adjacent to an activating group) is 1. The van der Waals surface area contributed by atoms with E-state index in [9.17, 15) is 26.4 Å². The van der Waals surface area contributed by atoms with Crippen LogP contribution in [-0.4, -0.2) is 64.1 Å². The molecule has 1 amide bonds. The molecule has 0 radical (unpaired) electrons. The molecule has 1 N–H and O–H groups in total. The van der Waals surface area contributed by atoms with E-state index < -0.39 is 35.0 Å². The van der Waals surface area contributed by atoms with Gasteiger partial charge in [-0.3, -0.25) is 4.79 Å². The number of carbonyl (C=O) groups excluding carboxylic acids is 1. The van der Waals surface area contributed by atoms with Gasteiger partial charge < -0.3 is 10.2 Å². The van der Waals surface area contributed by atoms with Gasteiger partial charge in [0.1, 0.15) is 9.84 Å². The number of nitrogens with one attached hydrogen (secondary N) is 1. The molecule has 102 valence electrons. The van der Waals surface area contributed by atoms with Crippen molar-refractivity contribution in [1.82, 2.24) is 10.2 Å². The van der Waals surface area contributed by atoms with Crippen molar-refractivity contribution in [1.29, 1.82) is 0 Å². The van der Waals surface area contributed by atoms with Crippen LogP contribution in [0.3, 0.4) is 0 Å². The van der Waals surface area contributed by atoms with Crippen molar-refractivity contribution in [3.05, 3.63) is 0 Å². The van der Waals surface area contributed by atoms with Gasteiger partial charge in [0.2, 0.25) is 5.91 Å². The molecule has 0 unspecified atom stereocenters. The molecule has 0 bridgehead atoms. The Morgan fingerprint density at radius 3 is 2.29 bits per heavy atom. The van der Waals surface area contributed by atoms with Crippen molar-refractivity contribution in [3.8, 4) is 0 Å². The van der Waals surface area contributed by atoms with Gasteiger partial charge in [-0.1, -0.05) is 0 Å². The van der Waals surface area contributed by atoms with E-state index in [0.29, 0.717) is 0 Å². The van der Waals surface area contributed by atoms with Gasteiger partial charge >= 0.3 is 6.18 Å². The van der Waals surface area contributed by atoms with E-state index in [0.717, 1.165) is 11.2 Å². The molecule has 0 aromatic carbocycles. The molecule has 0 spiro atoms. The van der Waals surface area contributed by atoms with E-state index in [4.69, 9.17) is 0 Å². The Bertz CT molecular complexity index is 354. The lowest BCUT2D eigenvalue weighted by atomic mass is 10.5. The quantitative estimate of drug-likeness (QED) is 0.719. The molecule has 0 aromatic heterocycles. The third kappa shape index (κ3) is 10.1. The molecule has 0 aliphatic heterocycles. The largest absolute Gasteiger partial charge is 0.401 e. The monoisotopic (exact) mass is 276 g/mol. The summed E-state index contributed by atoms with van der Waals surface area (Å²) in [6, 6.07) is 0. The Kier molecular flexibility index (Phi) is 5.89. The Morgan fingerprint density at radius 1 is 1.35 bits per heavy atom. The Balaban J connectivity index is 3.91. The zero-order valence-corrected chi connectivity index (χ0v) is 10.4. The van der Waals surface area contributed by atoms with Crippen molar-refractivity contribution in [2.45, 2.75) is 6.18 Å². The van der Waals surface area contributed by atoms with Crippen LogP contribution < -0.4 is 5.32 Å². The third-order valence-electron chi connectivity index (χ3n) is 1.82. The van der Waals surface area contributed by atoms with E-state index in [1.807, 2.05) is 5.32 Å². The highest BCUT2D eigenvalue weighted by Gasteiger charge is 2.26. The zero-order chi connectivity index (χ0) is 13.7. The highest BCUT2D eigenvalue weighted by Crippen LogP contribution is 2.11. The Morgan fingerprint density at radius 2 is 1.88 bits per heavy atom. The van der Waals surface area contributed by atoms with Crippen LogP contribution in [0.25, 0.3) is 0 Å². The van der Waals surface area contributed by atoms with Crippen LogP contribution in [0.15, 0.2) is 0 Å². The first-order chi connectivity index (χ1) is 7.51. The number of alkyl halides is 3. The van der Waals surface area contributed by atoms with Crippen molar-refractivity contribution in [2.24, 2.45) is 0 Å². The maximum atomic E-state index is 11.7. The predicted molar refractivity (Wildman–Crippen MR) is 56.3 cm³/mol. The van der Waals surface area contributed by atoms with Crippen molar-refractivity contribution < 1.29 is 26.4 Å². The summed E-state index contributed by atoms with van der Waals surface area (Å²) >= 11 is 0. The smallest absolute Gasteiger partial charge is 0.344 e. The van der Waals surface area contributed by atoms with Crippen LogP contribution in [0, 0.1) is 0 Å². The molecule has 9 heteroatoms. The molecule has 5 nitrogen and oxygen atoms in total. The second-order valence-corrected chi connectivity index (χ2v) is 5.92. The second-order valence-electron chi connectivity index (χ2n) is 3.66. The van der Waals surface area contributed by atoms with Gasteiger partial charge in [-0.2, -0.15) is 13.2 Å². The van der Waals surface area contributed by atoms with E-state index in [2.05, 4.69) is 0 Å². The topological polar surface area (TPSA) is 66.5 Å². The van der Waals surface area contributed by atoms with Gasteiger partial charge in [0.05, 0.1) is 18.8 Å². The number of nitrogens with zero attached hydrogens (tertiary/aromatic N) is 1. The first kappa shape index (κ1) is 16.2. The minimum atomic E-state index is -4.37. The summed E-state index contributed by atoms with van der Waals surface area (Å²) in [5.74, 6) is -0.799. The average molecular weight is 276 g/mol. The van der Waals surface area contributed by atoms with Crippen molar-refractivity contribution in [2.75, 3.05) is 38.7 Å². The van der Waals surface area contributed by atoms with Crippen LogP contribution in [0.1, 0.15) is 0 Å². The van der Waals surface area contributed by atoms with Crippen LogP contribution in [0.2, 0.25) is 0 Å². The van der Waals surface area contributed by atoms with Gasteiger partial charge in [0.15, 0.2) is 0 Å². The minimum Gasteiger partial charge on any atom is -0.344 e. The minimum absolute atomic E-state index is 0.0363. The molecule has 0 saturated carbocycles. The van der Waals surface area contributed by atoms with Gasteiger partial charge in [0.25, 0.3) is 0 Å². The highest BCUT2D eigenvalue weighted by molar-refractivity contribution is 7.90. The van der Waals surface area contributed by atoms with Crippen LogP contribution >= 0.6 is 0 Å². The summed E-state index contributed by atoms with van der Waals surface area (Å²) in [5.41, 5.74) is 0. The molecule has 0 rings (SSSR count). The highest BCUT2D eigenvalue weighted by atomic mass is 32.2. The maximum absolute atomic E-state index is 11.7. The Hall–Kier alpha value is -0.830. The van der Waals surface area contributed by atoms with Crippen LogP contribution in [0.5, 0.6) is 0 Å². The summed E-state index contributed by atoms with van der Waals surface area (Å²) in [6.45, 7) is -1.76. The fourth-order valence-corrected chi connectivity index (χ4v) is 1.48. The van der Waals surface area contributed by atoms with Gasteiger partial charge in [-0.15, -0.1) is 0 Å². The number of rotatable bonds is 6. The van der Waals surface area contributed by atoms with E-state index in [1.165, 1.54) is 7.05 Å². The van der Waals surface area contributed by atoms with E-state index in [1.54, 1.807) is 0 Å². The molecule has 0 aliphatic carbocycles. The molecular weight excluding hydrogens is 261 g/mol. The summed E-state index contributed by atoms with van der Waals surface area (Å²) in [7, 11) is -1.85. The molecule has 0 atom stereocenters. The summed E-state index contributed by atoms with van der Waals surface area (Å²) in [4.78, 5) is 12.3. The predicted octanol–water partition coefficient (Wildman–Crippen LogP) is -0.359. The molecule has 0 aliphatic rings. The number of hydrogen-bond donors (Lipinski definition) is 1. The number of sulfone groups is 1. The Labute approximate surface area is 97.9 Å². The van der Waals surface area contributed by atoms with Gasteiger partial charge in [0, 0.05) is 19.8 Å². The lowest BCUT2D eigenvalue weighted by molar-refractivity contribution is -0.133. The standard InChI is InChI=1S/C8H15F3N2O3S/c1-13(3-4-17(2,15)16)7(14)5-12-6-8(9,10)11/h12H,3-6H2,1-2H3. The molecular formula is C8H15F3N2O3S. The first-order valence-corrected chi connectivity index (χ1v) is 6.76. The number of hydrogen-bond acceptors (Lipinski definition) is 4. The summed E-state index contributed by atoms with van der Waals surface area (Å²) < 4.78 is 56.8. The summed E-state index contributed by atoms with van der Waals surface area (Å²) in [5, 5.41) is 1.94. The maximum Gasteiger partial charge on any atom is 0.401 e. The SMILES string of the molecule is CN(CCS(C)(=O)=O)C(=O)CNCC(F)(F)F. The second kappa shape index (κ2) is 6.20. The van der Waals surface area contributed by atoms with E-state index in [-0.39, 0.29) is 12.3 Å². The third-order valence-corrected chi connectivity index (χ3v) is 2.75. The van der Waals surface area contributed by atoms with Gasteiger partial charge in [-0.25, -0.2) is 8.42 Å². The van der Waals surface area contributed by atoms with E-state index >= 15 is 0 Å². The van der Waals surface area contributed by atoms with Crippen LogP contribution in [0.4, 0.5) is 13.2 Å². The normalized spacial score (nSPS) is 12.5. The average Bonchev–Trinajstić information content (AvgIpc) is 2.10. The number of carbonyl (C=O) groups is 1. The lowest BCUT2D eigenvalue weighted by Gasteiger charge is -2.17. The van der Waals surface area contributed by atoms with Gasteiger partial charge in [-0.05, 0) is 0 Å². The lowest BCUT2D eigenvalue weighted by Crippen LogP contribution is -2.40. The van der Waals surface area contributed by atoms with Crippen molar-refractivity contribution in [3.63, 3.8) is 0 Å². The summed E-state index contributed by atoms with van der Waals surface area (Å²) in [6.07, 6.45) is -3.35. The number of amides is 1. The molecule has 17 heavy (non-hydrogen) atoms. The first-order valence-electron chi connectivity index (χ1n) is 4.70.